The lowest BCUT2D eigenvalue weighted by Crippen LogP contribution is -2.23. The maximum atomic E-state index is 5.82. The molecule has 2 nitrogen and oxygen atoms in total. The Bertz CT molecular complexity index is 450. The second kappa shape index (κ2) is 7.49. The van der Waals surface area contributed by atoms with Crippen LogP contribution in [0.15, 0.2) is 35.9 Å². The van der Waals surface area contributed by atoms with E-state index in [1.807, 2.05) is 6.07 Å². The Balaban J connectivity index is 2.18. The normalized spacial score (nSPS) is 16.3. The number of hydrogen-bond acceptors (Lipinski definition) is 2. The van der Waals surface area contributed by atoms with Crippen LogP contribution < -0.4 is 10.1 Å². The standard InChI is InChI=1S/C18H27NO/c1-4-12-19-18(15-8-5-6-9-15)16-10-7-11-17(13-16)20-14(2)3/h7-8,10-11,13-14,18-19H,4-6,9,12H2,1-3H3. The van der Waals surface area contributed by atoms with Gasteiger partial charge in [-0.3, -0.25) is 0 Å². The quantitative estimate of drug-likeness (QED) is 0.732. The van der Waals surface area contributed by atoms with Crippen molar-refractivity contribution in [3.63, 3.8) is 0 Å². The summed E-state index contributed by atoms with van der Waals surface area (Å²) in [4.78, 5) is 0. The van der Waals surface area contributed by atoms with E-state index in [-0.39, 0.29) is 6.10 Å². The van der Waals surface area contributed by atoms with Gasteiger partial charge in [0.2, 0.25) is 0 Å². The molecule has 0 aromatic heterocycles. The fourth-order valence-electron chi connectivity index (χ4n) is 2.75. The van der Waals surface area contributed by atoms with Gasteiger partial charge in [-0.15, -0.1) is 0 Å². The molecule has 0 bridgehead atoms. The molecule has 110 valence electrons. The van der Waals surface area contributed by atoms with Crippen molar-refractivity contribution in [2.24, 2.45) is 0 Å². The highest BCUT2D eigenvalue weighted by Gasteiger charge is 2.18. The number of nitrogens with one attached hydrogen (secondary N) is 1. The van der Waals surface area contributed by atoms with E-state index in [4.69, 9.17) is 4.74 Å². The SMILES string of the molecule is CCCNC(C1=CCCC1)c1cccc(OC(C)C)c1. The van der Waals surface area contributed by atoms with Crippen molar-refractivity contribution >= 4 is 0 Å². The van der Waals surface area contributed by atoms with E-state index in [1.165, 1.54) is 24.8 Å². The lowest BCUT2D eigenvalue weighted by atomic mass is 9.97. The Kier molecular flexibility index (Phi) is 5.66. The van der Waals surface area contributed by atoms with Crippen LogP contribution in [0.3, 0.4) is 0 Å². The molecule has 1 unspecified atom stereocenters. The molecular weight excluding hydrogens is 246 g/mol. The Labute approximate surface area is 123 Å². The number of rotatable bonds is 7. The summed E-state index contributed by atoms with van der Waals surface area (Å²) in [6, 6.07) is 8.90. The van der Waals surface area contributed by atoms with Gasteiger partial charge in [0, 0.05) is 0 Å². The molecule has 0 heterocycles. The van der Waals surface area contributed by atoms with Crippen LogP contribution in [0, 0.1) is 0 Å². The molecule has 0 saturated heterocycles. The molecule has 2 heteroatoms. The third-order valence-electron chi connectivity index (χ3n) is 3.61. The third-order valence-corrected chi connectivity index (χ3v) is 3.61. The lowest BCUT2D eigenvalue weighted by Gasteiger charge is -2.21. The lowest BCUT2D eigenvalue weighted by molar-refractivity contribution is 0.242. The van der Waals surface area contributed by atoms with Gasteiger partial charge in [-0.25, -0.2) is 0 Å². The molecule has 1 aliphatic rings. The smallest absolute Gasteiger partial charge is 0.120 e. The minimum absolute atomic E-state index is 0.220. The predicted molar refractivity (Wildman–Crippen MR) is 85.2 cm³/mol. The van der Waals surface area contributed by atoms with Crippen molar-refractivity contribution in [1.82, 2.24) is 5.32 Å². The van der Waals surface area contributed by atoms with Crippen LogP contribution in [0.5, 0.6) is 5.75 Å². The van der Waals surface area contributed by atoms with Crippen LogP contribution in [0.25, 0.3) is 0 Å². The van der Waals surface area contributed by atoms with Crippen molar-refractivity contribution in [1.29, 1.82) is 0 Å². The van der Waals surface area contributed by atoms with Gasteiger partial charge in [-0.1, -0.05) is 30.7 Å². The van der Waals surface area contributed by atoms with Crippen LogP contribution in [0.1, 0.15) is 58.1 Å². The predicted octanol–water partition coefficient (Wildman–Crippen LogP) is 4.62. The number of benzene rings is 1. The van der Waals surface area contributed by atoms with Crippen molar-refractivity contribution in [3.8, 4) is 5.75 Å². The van der Waals surface area contributed by atoms with Crippen molar-refractivity contribution in [3.05, 3.63) is 41.5 Å². The second-order valence-corrected chi connectivity index (χ2v) is 5.80. The first-order valence-electron chi connectivity index (χ1n) is 7.89. The summed E-state index contributed by atoms with van der Waals surface area (Å²) < 4.78 is 5.82. The molecule has 1 N–H and O–H groups in total. The molecule has 20 heavy (non-hydrogen) atoms. The summed E-state index contributed by atoms with van der Waals surface area (Å²) in [5.74, 6) is 0.972. The van der Waals surface area contributed by atoms with Crippen molar-refractivity contribution < 1.29 is 4.74 Å². The minimum Gasteiger partial charge on any atom is -0.491 e. The van der Waals surface area contributed by atoms with Gasteiger partial charge >= 0.3 is 0 Å². The van der Waals surface area contributed by atoms with Gasteiger partial charge in [0.1, 0.15) is 5.75 Å². The maximum absolute atomic E-state index is 5.82. The van der Waals surface area contributed by atoms with E-state index < -0.39 is 0 Å². The fraction of sp³-hybridized carbons (Fsp3) is 0.556. The highest BCUT2D eigenvalue weighted by molar-refractivity contribution is 5.36. The highest BCUT2D eigenvalue weighted by atomic mass is 16.5. The van der Waals surface area contributed by atoms with Gasteiger partial charge in [-0.2, -0.15) is 0 Å². The zero-order chi connectivity index (χ0) is 14.4. The minimum atomic E-state index is 0.220. The molecule has 0 saturated carbocycles. The van der Waals surface area contributed by atoms with Crippen LogP contribution in [0.2, 0.25) is 0 Å². The Morgan fingerprint density at radius 1 is 1.30 bits per heavy atom. The zero-order valence-electron chi connectivity index (χ0n) is 13.0. The Morgan fingerprint density at radius 3 is 2.80 bits per heavy atom. The summed E-state index contributed by atoms with van der Waals surface area (Å²) in [5, 5.41) is 3.68. The van der Waals surface area contributed by atoms with E-state index >= 15 is 0 Å². The fourth-order valence-corrected chi connectivity index (χ4v) is 2.75. The van der Waals surface area contributed by atoms with Crippen LogP contribution in [-0.4, -0.2) is 12.6 Å². The molecule has 1 aromatic carbocycles. The van der Waals surface area contributed by atoms with Gasteiger partial charge in [0.05, 0.1) is 12.1 Å². The average Bonchev–Trinajstić information content (AvgIpc) is 2.93. The van der Waals surface area contributed by atoms with Crippen LogP contribution in [-0.2, 0) is 0 Å². The molecule has 0 fully saturated rings. The van der Waals surface area contributed by atoms with E-state index in [0.29, 0.717) is 6.04 Å². The van der Waals surface area contributed by atoms with E-state index in [9.17, 15) is 0 Å². The van der Waals surface area contributed by atoms with Crippen LogP contribution >= 0.6 is 0 Å². The molecule has 0 amide bonds. The van der Waals surface area contributed by atoms with Crippen molar-refractivity contribution in [2.75, 3.05) is 6.54 Å². The molecule has 1 aromatic rings. The van der Waals surface area contributed by atoms with Crippen LogP contribution in [0.4, 0.5) is 0 Å². The number of allylic oxidation sites excluding steroid dienone is 1. The van der Waals surface area contributed by atoms with Gasteiger partial charge in [0.15, 0.2) is 0 Å². The Hall–Kier alpha value is -1.28. The second-order valence-electron chi connectivity index (χ2n) is 5.80. The van der Waals surface area contributed by atoms with E-state index in [0.717, 1.165) is 18.7 Å². The third kappa shape index (κ3) is 4.11. The summed E-state index contributed by atoms with van der Waals surface area (Å²) in [6.07, 6.45) is 7.52. The number of hydrogen-bond donors (Lipinski definition) is 1. The van der Waals surface area contributed by atoms with Crippen molar-refractivity contribution in [2.45, 2.75) is 58.6 Å². The zero-order valence-corrected chi connectivity index (χ0v) is 13.0. The molecule has 2 rings (SSSR count). The topological polar surface area (TPSA) is 21.3 Å². The first kappa shape index (κ1) is 15.1. The Morgan fingerprint density at radius 2 is 2.15 bits per heavy atom. The van der Waals surface area contributed by atoms with Gasteiger partial charge in [0.25, 0.3) is 0 Å². The average molecular weight is 273 g/mol. The molecule has 0 aliphatic heterocycles. The highest BCUT2D eigenvalue weighted by Crippen LogP contribution is 2.32. The summed E-state index contributed by atoms with van der Waals surface area (Å²) in [7, 11) is 0. The number of ether oxygens (including phenoxy) is 1. The molecule has 0 radical (unpaired) electrons. The van der Waals surface area contributed by atoms with E-state index in [2.05, 4.69) is 50.4 Å². The summed E-state index contributed by atoms with van der Waals surface area (Å²) in [6.45, 7) is 7.40. The summed E-state index contributed by atoms with van der Waals surface area (Å²) in [5.41, 5.74) is 2.87. The largest absolute Gasteiger partial charge is 0.491 e. The van der Waals surface area contributed by atoms with Gasteiger partial charge < -0.3 is 10.1 Å². The summed E-state index contributed by atoms with van der Waals surface area (Å²) >= 11 is 0. The monoisotopic (exact) mass is 273 g/mol. The molecule has 1 atom stereocenters. The van der Waals surface area contributed by atoms with E-state index in [1.54, 1.807) is 5.57 Å². The van der Waals surface area contributed by atoms with Gasteiger partial charge in [-0.05, 0) is 63.8 Å². The maximum Gasteiger partial charge on any atom is 0.120 e. The molecule has 0 spiro atoms. The first-order chi connectivity index (χ1) is 9.70. The molecular formula is C18H27NO. The first-order valence-corrected chi connectivity index (χ1v) is 7.89. The molecule has 1 aliphatic carbocycles.